The summed E-state index contributed by atoms with van der Waals surface area (Å²) in [6.07, 6.45) is 0. The Morgan fingerprint density at radius 2 is 1.38 bits per heavy atom. The first-order chi connectivity index (χ1) is 11.8. The molecule has 0 heterocycles. The van der Waals surface area contributed by atoms with E-state index in [-0.39, 0.29) is 5.91 Å². The van der Waals surface area contributed by atoms with Gasteiger partial charge in [0.15, 0.2) is 0 Å². The fraction of sp³-hybridized carbons (Fsp3) is 0.0952. The van der Waals surface area contributed by atoms with E-state index < -0.39 is 0 Å². The zero-order chi connectivity index (χ0) is 16.6. The molecule has 2 nitrogen and oxygen atoms in total. The minimum Gasteiger partial charge on any atom is -0.348 e. The Hall–Kier alpha value is -2.52. The number of thioether (sulfide) groups is 1. The summed E-state index contributed by atoms with van der Waals surface area (Å²) in [6.45, 7) is 0.547. The lowest BCUT2D eigenvalue weighted by atomic mass is 10.1. The molecule has 0 aliphatic heterocycles. The number of benzene rings is 3. The van der Waals surface area contributed by atoms with E-state index in [4.69, 9.17) is 0 Å². The van der Waals surface area contributed by atoms with Gasteiger partial charge in [-0.2, -0.15) is 0 Å². The Kier molecular flexibility index (Phi) is 5.70. The quantitative estimate of drug-likeness (QED) is 0.650. The maximum Gasteiger partial charge on any atom is 0.251 e. The molecule has 3 heteroatoms. The van der Waals surface area contributed by atoms with Crippen molar-refractivity contribution in [3.8, 4) is 0 Å². The second-order valence-corrected chi connectivity index (χ2v) is 6.52. The van der Waals surface area contributed by atoms with E-state index in [1.54, 1.807) is 11.8 Å². The largest absolute Gasteiger partial charge is 0.348 e. The molecule has 0 saturated carbocycles. The molecule has 3 aromatic carbocycles. The van der Waals surface area contributed by atoms with Gasteiger partial charge in [-0.3, -0.25) is 4.79 Å². The molecule has 120 valence electrons. The van der Waals surface area contributed by atoms with Gasteiger partial charge in [0.2, 0.25) is 0 Å². The number of hydrogen-bond acceptors (Lipinski definition) is 2. The van der Waals surface area contributed by atoms with Crippen LogP contribution in [-0.2, 0) is 12.3 Å². The van der Waals surface area contributed by atoms with Gasteiger partial charge < -0.3 is 5.32 Å². The Morgan fingerprint density at radius 1 is 0.750 bits per heavy atom. The van der Waals surface area contributed by atoms with Gasteiger partial charge in [0.05, 0.1) is 0 Å². The molecular formula is C21H19NOS. The average Bonchev–Trinajstić information content (AvgIpc) is 2.66. The SMILES string of the molecule is O=C(NCc1ccccc1)c1ccc(CSc2ccccc2)cc1. The van der Waals surface area contributed by atoms with Crippen molar-refractivity contribution in [1.29, 1.82) is 0 Å². The van der Waals surface area contributed by atoms with Crippen LogP contribution in [-0.4, -0.2) is 5.91 Å². The first kappa shape index (κ1) is 16.3. The topological polar surface area (TPSA) is 29.1 Å². The molecule has 0 radical (unpaired) electrons. The van der Waals surface area contributed by atoms with Crippen LogP contribution in [0.5, 0.6) is 0 Å². The maximum absolute atomic E-state index is 12.2. The summed E-state index contributed by atoms with van der Waals surface area (Å²) < 4.78 is 0. The van der Waals surface area contributed by atoms with Crippen molar-refractivity contribution in [1.82, 2.24) is 5.32 Å². The van der Waals surface area contributed by atoms with E-state index in [1.807, 2.05) is 72.8 Å². The molecule has 0 aromatic heterocycles. The van der Waals surface area contributed by atoms with Crippen molar-refractivity contribution in [2.24, 2.45) is 0 Å². The molecule has 3 aromatic rings. The molecule has 0 fully saturated rings. The number of hydrogen-bond donors (Lipinski definition) is 1. The normalized spacial score (nSPS) is 10.3. The van der Waals surface area contributed by atoms with Gasteiger partial charge in [-0.05, 0) is 35.4 Å². The van der Waals surface area contributed by atoms with Crippen molar-refractivity contribution in [2.75, 3.05) is 0 Å². The van der Waals surface area contributed by atoms with E-state index in [9.17, 15) is 4.79 Å². The van der Waals surface area contributed by atoms with Crippen molar-refractivity contribution in [3.05, 3.63) is 102 Å². The molecular weight excluding hydrogens is 314 g/mol. The summed E-state index contributed by atoms with van der Waals surface area (Å²) in [5, 5.41) is 2.95. The number of amides is 1. The third kappa shape index (κ3) is 4.74. The van der Waals surface area contributed by atoms with Crippen LogP contribution in [0.1, 0.15) is 21.5 Å². The molecule has 24 heavy (non-hydrogen) atoms. The van der Waals surface area contributed by atoms with Crippen LogP contribution < -0.4 is 5.32 Å². The van der Waals surface area contributed by atoms with Crippen molar-refractivity contribution in [3.63, 3.8) is 0 Å². The van der Waals surface area contributed by atoms with Gasteiger partial charge in [-0.25, -0.2) is 0 Å². The minimum absolute atomic E-state index is 0.0406. The Morgan fingerprint density at radius 3 is 2.04 bits per heavy atom. The van der Waals surface area contributed by atoms with Crippen LogP contribution in [0.25, 0.3) is 0 Å². The first-order valence-corrected chi connectivity index (χ1v) is 8.89. The number of carbonyl (C=O) groups excluding carboxylic acids is 1. The standard InChI is InChI=1S/C21H19NOS/c23-21(22-15-17-7-3-1-4-8-17)19-13-11-18(12-14-19)16-24-20-9-5-2-6-10-20/h1-14H,15-16H2,(H,22,23). The maximum atomic E-state index is 12.2. The summed E-state index contributed by atoms with van der Waals surface area (Å²) in [7, 11) is 0. The van der Waals surface area contributed by atoms with E-state index in [1.165, 1.54) is 10.5 Å². The van der Waals surface area contributed by atoms with Gasteiger partial charge >= 0.3 is 0 Å². The molecule has 0 atom stereocenters. The number of nitrogens with one attached hydrogen (secondary N) is 1. The summed E-state index contributed by atoms with van der Waals surface area (Å²) in [5.41, 5.74) is 3.00. The zero-order valence-corrected chi connectivity index (χ0v) is 14.1. The summed E-state index contributed by atoms with van der Waals surface area (Å²) >= 11 is 1.79. The highest BCUT2D eigenvalue weighted by Crippen LogP contribution is 2.22. The van der Waals surface area contributed by atoms with Gasteiger partial charge in [-0.15, -0.1) is 11.8 Å². The number of rotatable bonds is 6. The Bertz CT molecular complexity index is 770. The monoisotopic (exact) mass is 333 g/mol. The molecule has 3 rings (SSSR count). The predicted octanol–water partition coefficient (Wildman–Crippen LogP) is 4.91. The Balaban J connectivity index is 1.53. The number of carbonyl (C=O) groups is 1. The fourth-order valence-corrected chi connectivity index (χ4v) is 3.19. The van der Waals surface area contributed by atoms with E-state index >= 15 is 0 Å². The predicted molar refractivity (Wildman–Crippen MR) is 100 cm³/mol. The van der Waals surface area contributed by atoms with Gasteiger partial charge in [-0.1, -0.05) is 60.7 Å². The molecule has 0 bridgehead atoms. The van der Waals surface area contributed by atoms with E-state index in [0.29, 0.717) is 12.1 Å². The van der Waals surface area contributed by atoms with Crippen molar-refractivity contribution < 1.29 is 4.79 Å². The molecule has 0 spiro atoms. The fourth-order valence-electron chi connectivity index (χ4n) is 2.32. The van der Waals surface area contributed by atoms with Gasteiger partial charge in [0, 0.05) is 22.8 Å². The molecule has 1 N–H and O–H groups in total. The van der Waals surface area contributed by atoms with Crippen molar-refractivity contribution in [2.45, 2.75) is 17.2 Å². The molecule has 0 aliphatic rings. The second-order valence-electron chi connectivity index (χ2n) is 5.47. The van der Waals surface area contributed by atoms with Gasteiger partial charge in [0.1, 0.15) is 0 Å². The minimum atomic E-state index is -0.0406. The molecule has 0 aliphatic carbocycles. The first-order valence-electron chi connectivity index (χ1n) is 7.90. The molecule has 0 saturated heterocycles. The smallest absolute Gasteiger partial charge is 0.251 e. The summed E-state index contributed by atoms with van der Waals surface area (Å²) in [4.78, 5) is 13.4. The van der Waals surface area contributed by atoms with Crippen LogP contribution in [0.15, 0.2) is 89.8 Å². The van der Waals surface area contributed by atoms with E-state index in [0.717, 1.165) is 11.3 Å². The molecule has 0 unspecified atom stereocenters. The highest BCUT2D eigenvalue weighted by atomic mass is 32.2. The Labute approximate surface area is 146 Å². The lowest BCUT2D eigenvalue weighted by Gasteiger charge is -2.07. The third-order valence-electron chi connectivity index (χ3n) is 3.66. The lowest BCUT2D eigenvalue weighted by Crippen LogP contribution is -2.22. The summed E-state index contributed by atoms with van der Waals surface area (Å²) in [5.74, 6) is 0.858. The lowest BCUT2D eigenvalue weighted by molar-refractivity contribution is 0.0951. The third-order valence-corrected chi connectivity index (χ3v) is 4.74. The van der Waals surface area contributed by atoms with Crippen LogP contribution in [0.4, 0.5) is 0 Å². The average molecular weight is 333 g/mol. The van der Waals surface area contributed by atoms with E-state index in [2.05, 4.69) is 17.4 Å². The summed E-state index contributed by atoms with van der Waals surface area (Å²) in [6, 6.07) is 28.1. The van der Waals surface area contributed by atoms with Crippen LogP contribution >= 0.6 is 11.8 Å². The van der Waals surface area contributed by atoms with Crippen LogP contribution in [0, 0.1) is 0 Å². The van der Waals surface area contributed by atoms with Crippen molar-refractivity contribution >= 4 is 17.7 Å². The second kappa shape index (κ2) is 8.37. The highest BCUT2D eigenvalue weighted by molar-refractivity contribution is 7.98. The molecule has 1 amide bonds. The van der Waals surface area contributed by atoms with Gasteiger partial charge in [0.25, 0.3) is 5.91 Å². The highest BCUT2D eigenvalue weighted by Gasteiger charge is 2.05. The van der Waals surface area contributed by atoms with Crippen LogP contribution in [0.2, 0.25) is 0 Å². The van der Waals surface area contributed by atoms with Crippen LogP contribution in [0.3, 0.4) is 0 Å². The zero-order valence-electron chi connectivity index (χ0n) is 13.3.